The normalized spacial score (nSPS) is 14.2. The highest BCUT2D eigenvalue weighted by Crippen LogP contribution is 2.20. The molecule has 0 radical (unpaired) electrons. The van der Waals surface area contributed by atoms with Crippen molar-refractivity contribution in [3.8, 4) is 0 Å². The zero-order chi connectivity index (χ0) is 24.5. The lowest BCUT2D eigenvalue weighted by Gasteiger charge is -2.32. The molecule has 0 aliphatic heterocycles. The Kier molecular flexibility index (Phi) is 9.04. The molecule has 0 saturated carbocycles. The minimum Gasteiger partial charge on any atom is -0.390 e. The number of benzene rings is 4. The minimum atomic E-state index is -0.835. The molecule has 35 heavy (non-hydrogen) atoms. The van der Waals surface area contributed by atoms with Crippen molar-refractivity contribution in [3.63, 3.8) is 0 Å². The lowest BCUT2D eigenvalue weighted by molar-refractivity contribution is -0.114. The number of nitrogens with zero attached hydrogens (tertiary/aromatic N) is 1. The van der Waals surface area contributed by atoms with Crippen molar-refractivity contribution < 1.29 is 14.9 Å². The van der Waals surface area contributed by atoms with E-state index in [9.17, 15) is 10.2 Å². The first-order valence-corrected chi connectivity index (χ1v) is 12.4. The fourth-order valence-corrected chi connectivity index (χ4v) is 4.47. The molecule has 2 N–H and O–H groups in total. The largest absolute Gasteiger partial charge is 0.390 e. The molecule has 0 aliphatic carbocycles. The number of rotatable bonds is 12. The van der Waals surface area contributed by atoms with Gasteiger partial charge in [-0.1, -0.05) is 104 Å². The molecule has 0 aliphatic rings. The first-order chi connectivity index (χ1) is 17.1. The maximum Gasteiger partial charge on any atom is 0.111 e. The summed E-state index contributed by atoms with van der Waals surface area (Å²) in [5.74, 6) is 0. The Hall–Kier alpha value is -3.02. The molecule has 4 heteroatoms. The third kappa shape index (κ3) is 7.23. The molecule has 3 atom stereocenters. The molecule has 0 heterocycles. The van der Waals surface area contributed by atoms with E-state index in [-0.39, 0.29) is 0 Å². The highest BCUT2D eigenvalue weighted by Gasteiger charge is 2.28. The first kappa shape index (κ1) is 25.1. The fourth-order valence-electron chi connectivity index (χ4n) is 4.47. The SMILES string of the molecule is CCC(O)C(OCc1ccc2ccccc2c1)C(O)CN(Cc1ccccc1)Cc1ccccc1. The molecule has 4 aromatic rings. The Bertz CT molecular complexity index is 1120. The summed E-state index contributed by atoms with van der Waals surface area (Å²) < 4.78 is 6.17. The van der Waals surface area contributed by atoms with Crippen LogP contribution in [0.1, 0.15) is 30.0 Å². The van der Waals surface area contributed by atoms with E-state index in [1.54, 1.807) is 0 Å². The van der Waals surface area contributed by atoms with E-state index in [1.807, 2.05) is 61.5 Å². The van der Waals surface area contributed by atoms with Gasteiger partial charge in [-0.25, -0.2) is 0 Å². The van der Waals surface area contributed by atoms with E-state index in [1.165, 1.54) is 16.5 Å². The molecule has 4 nitrogen and oxygen atoms in total. The van der Waals surface area contributed by atoms with Gasteiger partial charge in [-0.15, -0.1) is 0 Å². The molecular formula is C31H35NO3. The molecule has 0 saturated heterocycles. The summed E-state index contributed by atoms with van der Waals surface area (Å²) in [6.07, 6.45) is -1.75. The van der Waals surface area contributed by atoms with Crippen LogP contribution in [0.15, 0.2) is 103 Å². The van der Waals surface area contributed by atoms with Crippen LogP contribution in [0.3, 0.4) is 0 Å². The maximum atomic E-state index is 11.3. The first-order valence-electron chi connectivity index (χ1n) is 12.4. The number of aliphatic hydroxyl groups is 2. The van der Waals surface area contributed by atoms with Gasteiger partial charge in [0.15, 0.2) is 0 Å². The van der Waals surface area contributed by atoms with Gasteiger partial charge in [-0.2, -0.15) is 0 Å². The topological polar surface area (TPSA) is 52.9 Å². The van der Waals surface area contributed by atoms with Crippen molar-refractivity contribution >= 4 is 10.8 Å². The van der Waals surface area contributed by atoms with Gasteiger partial charge in [-0.05, 0) is 39.9 Å². The zero-order valence-electron chi connectivity index (χ0n) is 20.3. The Balaban J connectivity index is 1.47. The van der Waals surface area contributed by atoms with Crippen LogP contribution in [0.5, 0.6) is 0 Å². The third-order valence-electron chi connectivity index (χ3n) is 6.38. The van der Waals surface area contributed by atoms with E-state index in [0.29, 0.717) is 32.7 Å². The van der Waals surface area contributed by atoms with Crippen molar-refractivity contribution in [1.29, 1.82) is 0 Å². The zero-order valence-corrected chi connectivity index (χ0v) is 20.3. The summed E-state index contributed by atoms with van der Waals surface area (Å²) >= 11 is 0. The molecule has 0 aromatic heterocycles. The van der Waals surface area contributed by atoms with Crippen LogP contribution in [-0.2, 0) is 24.4 Å². The van der Waals surface area contributed by atoms with Crippen LogP contribution < -0.4 is 0 Å². The molecule has 3 unspecified atom stereocenters. The average Bonchev–Trinajstić information content (AvgIpc) is 2.89. The van der Waals surface area contributed by atoms with E-state index < -0.39 is 18.3 Å². The van der Waals surface area contributed by atoms with Crippen LogP contribution in [0.2, 0.25) is 0 Å². The second kappa shape index (κ2) is 12.6. The predicted molar refractivity (Wildman–Crippen MR) is 142 cm³/mol. The van der Waals surface area contributed by atoms with Crippen LogP contribution >= 0.6 is 0 Å². The molecule has 0 fully saturated rings. The van der Waals surface area contributed by atoms with Gasteiger partial charge in [0.05, 0.1) is 18.8 Å². The van der Waals surface area contributed by atoms with Crippen LogP contribution in [0, 0.1) is 0 Å². The lowest BCUT2D eigenvalue weighted by Crippen LogP contribution is -2.45. The smallest absolute Gasteiger partial charge is 0.111 e. The standard InChI is InChI=1S/C31H35NO3/c1-2-29(33)31(35-23-26-17-18-27-15-9-10-16-28(27)19-26)30(34)22-32(20-24-11-5-3-6-12-24)21-25-13-7-4-8-14-25/h3-19,29-31,33-34H,2,20-23H2,1H3. The average molecular weight is 470 g/mol. The Labute approximate surface area is 208 Å². The Morgan fingerprint density at radius 2 is 1.23 bits per heavy atom. The lowest BCUT2D eigenvalue weighted by atomic mass is 10.0. The molecule has 182 valence electrons. The fraction of sp³-hybridized carbons (Fsp3) is 0.290. The highest BCUT2D eigenvalue weighted by molar-refractivity contribution is 5.82. The van der Waals surface area contributed by atoms with Crippen molar-refractivity contribution in [2.24, 2.45) is 0 Å². The maximum absolute atomic E-state index is 11.3. The number of fused-ring (bicyclic) bond motifs is 1. The van der Waals surface area contributed by atoms with E-state index in [4.69, 9.17) is 4.74 Å². The monoisotopic (exact) mass is 469 g/mol. The van der Waals surface area contributed by atoms with Crippen LogP contribution in [0.4, 0.5) is 0 Å². The van der Waals surface area contributed by atoms with Crippen molar-refractivity contribution in [2.45, 2.75) is 51.4 Å². The summed E-state index contributed by atoms with van der Waals surface area (Å²) in [5, 5.41) is 24.3. The number of aliphatic hydroxyl groups excluding tert-OH is 2. The molecule has 4 rings (SSSR count). The van der Waals surface area contributed by atoms with Crippen molar-refractivity contribution in [3.05, 3.63) is 120 Å². The molecule has 0 amide bonds. The summed E-state index contributed by atoms with van der Waals surface area (Å²) in [6.45, 7) is 4.04. The van der Waals surface area contributed by atoms with E-state index in [0.717, 1.165) is 10.9 Å². The second-order valence-corrected chi connectivity index (χ2v) is 9.14. The summed E-state index contributed by atoms with van der Waals surface area (Å²) in [5.41, 5.74) is 3.38. The minimum absolute atomic E-state index is 0.334. The van der Waals surface area contributed by atoms with Gasteiger partial charge in [0, 0.05) is 19.6 Å². The second-order valence-electron chi connectivity index (χ2n) is 9.14. The molecule has 4 aromatic carbocycles. The van der Waals surface area contributed by atoms with Crippen LogP contribution in [-0.4, -0.2) is 40.0 Å². The van der Waals surface area contributed by atoms with Gasteiger partial charge in [0.2, 0.25) is 0 Å². The summed E-state index contributed by atoms with van der Waals surface area (Å²) in [6, 6.07) is 35.0. The summed E-state index contributed by atoms with van der Waals surface area (Å²) in [7, 11) is 0. The number of hydrogen-bond donors (Lipinski definition) is 2. The molecule has 0 bridgehead atoms. The third-order valence-corrected chi connectivity index (χ3v) is 6.38. The van der Waals surface area contributed by atoms with Gasteiger partial charge >= 0.3 is 0 Å². The van der Waals surface area contributed by atoms with Gasteiger partial charge in [-0.3, -0.25) is 4.90 Å². The van der Waals surface area contributed by atoms with Crippen molar-refractivity contribution in [1.82, 2.24) is 4.90 Å². The predicted octanol–water partition coefficient (Wildman–Crippen LogP) is 5.56. The van der Waals surface area contributed by atoms with Gasteiger partial charge in [0.1, 0.15) is 6.10 Å². The molecular weight excluding hydrogens is 434 g/mol. The van der Waals surface area contributed by atoms with E-state index in [2.05, 4.69) is 53.4 Å². The van der Waals surface area contributed by atoms with Crippen LogP contribution in [0.25, 0.3) is 10.8 Å². The Morgan fingerprint density at radius 1 is 0.657 bits per heavy atom. The number of ether oxygens (including phenoxy) is 1. The van der Waals surface area contributed by atoms with Crippen molar-refractivity contribution in [2.75, 3.05) is 6.54 Å². The quantitative estimate of drug-likeness (QED) is 0.285. The van der Waals surface area contributed by atoms with Gasteiger partial charge in [0.25, 0.3) is 0 Å². The van der Waals surface area contributed by atoms with Gasteiger partial charge < -0.3 is 14.9 Å². The highest BCUT2D eigenvalue weighted by atomic mass is 16.5. The summed E-state index contributed by atoms with van der Waals surface area (Å²) in [4.78, 5) is 2.21. The molecule has 0 spiro atoms. The Morgan fingerprint density at radius 3 is 1.83 bits per heavy atom. The van der Waals surface area contributed by atoms with E-state index >= 15 is 0 Å². The number of hydrogen-bond acceptors (Lipinski definition) is 4.